The molecular weight excluding hydrogens is 979 g/mol. The number of aromatic nitrogens is 4. The third-order valence-electron chi connectivity index (χ3n) is 10.8. The van der Waals surface area contributed by atoms with Crippen molar-refractivity contribution in [2.45, 2.75) is 160 Å². The summed E-state index contributed by atoms with van der Waals surface area (Å²) in [5, 5.41) is 36.8. The average Bonchev–Trinajstić information content (AvgIpc) is 3.82. The molecule has 29 heteroatoms. The first kappa shape index (κ1) is 59.8. The number of unbranched alkanes of at least 4 members (excludes halogenated alkanes) is 10. The second-order valence-electron chi connectivity index (χ2n) is 17.2. The van der Waals surface area contributed by atoms with Crippen LogP contribution in [0.25, 0.3) is 11.2 Å². The van der Waals surface area contributed by atoms with Gasteiger partial charge in [-0.05, 0) is 19.3 Å². The lowest BCUT2D eigenvalue weighted by Crippen LogP contribution is -2.46. The van der Waals surface area contributed by atoms with E-state index in [0.29, 0.717) is 25.0 Å². The molecule has 2 aromatic heterocycles. The van der Waals surface area contributed by atoms with Gasteiger partial charge in [-0.1, -0.05) is 103 Å². The summed E-state index contributed by atoms with van der Waals surface area (Å²) >= 11 is 1.08. The molecule has 68 heavy (non-hydrogen) atoms. The Morgan fingerprint density at radius 3 is 2.13 bits per heavy atom. The van der Waals surface area contributed by atoms with Crippen LogP contribution in [0.2, 0.25) is 0 Å². The van der Waals surface area contributed by atoms with E-state index < -0.39 is 90.7 Å². The Morgan fingerprint density at radius 1 is 0.868 bits per heavy atom. The number of thioether (sulfide) groups is 1. The highest BCUT2D eigenvalue weighted by molar-refractivity contribution is 8.13. The first-order valence-electron chi connectivity index (χ1n) is 22.7. The van der Waals surface area contributed by atoms with Crippen LogP contribution in [-0.4, -0.2) is 134 Å². The molecule has 390 valence electrons. The summed E-state index contributed by atoms with van der Waals surface area (Å²) in [6.45, 7) is 2.68. The maximum absolute atomic E-state index is 12.7. The van der Waals surface area contributed by atoms with Gasteiger partial charge in [-0.15, -0.1) is 0 Å². The van der Waals surface area contributed by atoms with Crippen LogP contribution in [0.4, 0.5) is 5.82 Å². The Labute approximate surface area is 399 Å². The summed E-state index contributed by atoms with van der Waals surface area (Å²) in [7, 11) is -16.4. The van der Waals surface area contributed by atoms with Crippen LogP contribution in [0.3, 0.4) is 0 Å². The van der Waals surface area contributed by atoms with Gasteiger partial charge in [0.1, 0.15) is 36.3 Å². The molecule has 1 aliphatic rings. The Balaban J connectivity index is 1.31. The van der Waals surface area contributed by atoms with Gasteiger partial charge >= 0.3 is 23.5 Å². The maximum Gasteiger partial charge on any atom is 0.481 e. The Bertz CT molecular complexity index is 2030. The second-order valence-corrected chi connectivity index (χ2v) is 22.5. The number of nitrogens with zero attached hydrogens (tertiary/aromatic N) is 4. The fourth-order valence-corrected chi connectivity index (χ4v) is 10.6. The summed E-state index contributed by atoms with van der Waals surface area (Å²) in [6.07, 6.45) is 8.45. The Morgan fingerprint density at radius 2 is 1.49 bits per heavy atom. The first-order valence-corrected chi connectivity index (χ1v) is 28.2. The molecule has 0 radical (unpaired) electrons. The number of nitrogen functional groups attached to an aromatic ring is 1. The van der Waals surface area contributed by atoms with E-state index in [1.165, 1.54) is 71.6 Å². The van der Waals surface area contributed by atoms with Gasteiger partial charge in [-0.25, -0.2) is 28.6 Å². The number of anilines is 1. The number of carbonyl (C=O) groups excluding carboxylic acids is 3. The third-order valence-corrected chi connectivity index (χ3v) is 14.9. The predicted molar refractivity (Wildman–Crippen MR) is 248 cm³/mol. The monoisotopic (exact) mass is 1050 g/mol. The molecule has 1 saturated heterocycles. The molecule has 2 aromatic rings. The van der Waals surface area contributed by atoms with Gasteiger partial charge in [0, 0.05) is 37.1 Å². The first-order chi connectivity index (χ1) is 31.9. The Hall–Kier alpha value is -2.48. The number of phosphoric ester groups is 3. The summed E-state index contributed by atoms with van der Waals surface area (Å²) in [6, 6.07) is 0. The van der Waals surface area contributed by atoms with Gasteiger partial charge in [-0.3, -0.25) is 32.5 Å². The zero-order valence-electron chi connectivity index (χ0n) is 38.7. The van der Waals surface area contributed by atoms with E-state index in [0.717, 1.165) is 48.2 Å². The predicted octanol–water partition coefficient (Wildman–Crippen LogP) is 3.90. The number of ether oxygens (including phenoxy) is 1. The van der Waals surface area contributed by atoms with Gasteiger partial charge in [0.25, 0.3) is 0 Å². The molecule has 0 aromatic carbocycles. The number of nitrogens with two attached hydrogens (primary N) is 1. The number of imidazole rings is 1. The number of hydrogen-bond acceptors (Lipinski definition) is 19. The molecule has 3 rings (SSSR count). The zero-order chi connectivity index (χ0) is 50.5. The van der Waals surface area contributed by atoms with Crippen molar-refractivity contribution in [1.29, 1.82) is 0 Å². The molecular formula is C39H70N7O18P3S. The summed E-state index contributed by atoms with van der Waals surface area (Å²) in [4.78, 5) is 88.4. The average molecular weight is 1050 g/mol. The van der Waals surface area contributed by atoms with Crippen molar-refractivity contribution in [3.63, 3.8) is 0 Å². The molecule has 0 aliphatic carbocycles. The summed E-state index contributed by atoms with van der Waals surface area (Å²) in [5.74, 6) is -1.14. The van der Waals surface area contributed by atoms with Crippen LogP contribution in [0.1, 0.15) is 130 Å². The number of aliphatic hydroxyl groups excluding tert-OH is 3. The van der Waals surface area contributed by atoms with Crippen LogP contribution in [0.15, 0.2) is 12.7 Å². The standard InChI is InChI=1S/C39H70N7O18P3S/c1-4-5-6-7-8-9-10-11-12-13-14-16-27(47)17-15-18-30(49)68-22-21-41-29(48)19-20-42-37(52)34(51)39(2,3)24-61-67(58,59)64-66(56,57)60-23-28-33(63-65(53,54)55)32(50)38(62-28)46-26-45-31-35(40)43-25-44-36(31)46/h25-28,32-34,38,47,50-51H,4-24H2,1-3H3,(H,41,48)(H,42,52)(H,56,57)(H,58,59)(H2,40,43,44)(H2,53,54,55). The topological polar surface area (TPSA) is 384 Å². The van der Waals surface area contributed by atoms with Crippen molar-refractivity contribution < 1.29 is 85.6 Å². The van der Waals surface area contributed by atoms with E-state index in [9.17, 15) is 63.0 Å². The van der Waals surface area contributed by atoms with E-state index in [2.05, 4.69) is 41.3 Å². The number of amides is 2. The molecule has 0 spiro atoms. The SMILES string of the molecule is CCCCCCCCCCCCCC(O)CCCC(=O)SCCNC(=O)CCNC(=O)C(O)C(C)(C)COP(=O)(O)OP(=O)(O)OCC1OC(n2cnc3c(N)ncnc32)C(O)C1OP(=O)(O)O. The highest BCUT2D eigenvalue weighted by Crippen LogP contribution is 2.61. The second kappa shape index (κ2) is 29.1. The van der Waals surface area contributed by atoms with Crippen LogP contribution < -0.4 is 16.4 Å². The van der Waals surface area contributed by atoms with Crippen molar-refractivity contribution in [2.75, 3.05) is 37.8 Å². The normalized spacial score (nSPS) is 20.4. The minimum atomic E-state index is -5.58. The molecule has 8 unspecified atom stereocenters. The fraction of sp³-hybridized carbons (Fsp3) is 0.795. The van der Waals surface area contributed by atoms with Crippen LogP contribution >= 0.6 is 35.2 Å². The quantitative estimate of drug-likeness (QED) is 0.0346. The van der Waals surface area contributed by atoms with E-state index >= 15 is 0 Å². The zero-order valence-corrected chi connectivity index (χ0v) is 42.2. The smallest absolute Gasteiger partial charge is 0.393 e. The van der Waals surface area contributed by atoms with Crippen molar-refractivity contribution >= 4 is 69.1 Å². The number of hydrogen-bond donors (Lipinski definition) is 10. The van der Waals surface area contributed by atoms with E-state index in [4.69, 9.17) is 19.5 Å². The summed E-state index contributed by atoms with van der Waals surface area (Å²) < 4.78 is 62.4. The molecule has 3 heterocycles. The van der Waals surface area contributed by atoms with Gasteiger partial charge in [-0.2, -0.15) is 4.31 Å². The highest BCUT2D eigenvalue weighted by atomic mass is 32.2. The minimum Gasteiger partial charge on any atom is -0.393 e. The number of carbonyl (C=O) groups is 3. The maximum atomic E-state index is 12.7. The van der Waals surface area contributed by atoms with Crippen molar-refractivity contribution in [2.24, 2.45) is 5.41 Å². The molecule has 0 saturated carbocycles. The highest BCUT2D eigenvalue weighted by Gasteiger charge is 2.50. The fourth-order valence-electron chi connectivity index (χ4n) is 7.04. The van der Waals surface area contributed by atoms with E-state index in [1.54, 1.807) is 0 Å². The summed E-state index contributed by atoms with van der Waals surface area (Å²) in [5.41, 5.74) is 4.26. The molecule has 0 bridgehead atoms. The van der Waals surface area contributed by atoms with Gasteiger partial charge in [0.05, 0.1) is 25.6 Å². The van der Waals surface area contributed by atoms with Crippen molar-refractivity contribution in [1.82, 2.24) is 30.2 Å². The lowest BCUT2D eigenvalue weighted by molar-refractivity contribution is -0.137. The molecule has 25 nitrogen and oxygen atoms in total. The lowest BCUT2D eigenvalue weighted by atomic mass is 9.87. The van der Waals surface area contributed by atoms with Crippen LogP contribution in [0.5, 0.6) is 0 Å². The third kappa shape index (κ3) is 21.9. The molecule has 1 fully saturated rings. The van der Waals surface area contributed by atoms with Crippen molar-refractivity contribution in [3.05, 3.63) is 12.7 Å². The minimum absolute atomic E-state index is 0.0291. The van der Waals surface area contributed by atoms with Crippen molar-refractivity contribution in [3.8, 4) is 0 Å². The molecule has 2 amide bonds. The number of phosphoric acid groups is 3. The lowest BCUT2D eigenvalue weighted by Gasteiger charge is -2.30. The molecule has 8 atom stereocenters. The largest absolute Gasteiger partial charge is 0.481 e. The van der Waals surface area contributed by atoms with E-state index in [1.807, 2.05) is 0 Å². The number of rotatable bonds is 35. The molecule has 11 N–H and O–H groups in total. The number of fused-ring (bicyclic) bond motifs is 1. The van der Waals surface area contributed by atoms with E-state index in [-0.39, 0.29) is 41.6 Å². The number of aliphatic hydroxyl groups is 3. The van der Waals surface area contributed by atoms with Crippen LogP contribution in [0, 0.1) is 5.41 Å². The number of nitrogens with one attached hydrogen (secondary N) is 2. The van der Waals surface area contributed by atoms with Crippen LogP contribution in [-0.2, 0) is 50.7 Å². The van der Waals surface area contributed by atoms with Gasteiger partial charge in [0.2, 0.25) is 11.8 Å². The van der Waals surface area contributed by atoms with Gasteiger partial charge in [0.15, 0.2) is 22.8 Å². The van der Waals surface area contributed by atoms with Gasteiger partial charge < -0.3 is 56.0 Å². The Kier molecular flexibility index (Phi) is 25.6. The molecule has 1 aliphatic heterocycles.